The first kappa shape index (κ1) is 17.2. The van der Waals surface area contributed by atoms with Crippen LogP contribution in [0, 0.1) is 0 Å². The first-order valence-electron chi connectivity index (χ1n) is 3.17. The van der Waals surface area contributed by atoms with E-state index in [4.69, 9.17) is 0 Å². The van der Waals surface area contributed by atoms with Gasteiger partial charge >= 0.3 is 12.4 Å². The maximum absolute atomic E-state index is 11.2. The van der Waals surface area contributed by atoms with Gasteiger partial charge in [0.2, 0.25) is 0 Å². The third-order valence-corrected chi connectivity index (χ3v) is 0.918. The molecular weight excluding hydrogens is 276 g/mol. The SMILES string of the molecule is FC(Cl)CC(F)(F)F.FC(F)(F)C=CCl. The fraction of sp³-hybridized carbons (Fsp3) is 0.667. The van der Waals surface area contributed by atoms with E-state index in [1.807, 2.05) is 0 Å². The fourth-order valence-corrected chi connectivity index (χ4v) is 0.564. The summed E-state index contributed by atoms with van der Waals surface area (Å²) < 4.78 is 76.8. The van der Waals surface area contributed by atoms with Gasteiger partial charge in [0, 0.05) is 11.6 Å². The van der Waals surface area contributed by atoms with Crippen LogP contribution in [0.5, 0.6) is 0 Å². The zero-order valence-corrected chi connectivity index (χ0v) is 8.35. The van der Waals surface area contributed by atoms with Crippen molar-refractivity contribution in [2.24, 2.45) is 0 Å². The molecule has 0 aromatic rings. The summed E-state index contributed by atoms with van der Waals surface area (Å²) in [6.07, 6.45) is -10.4. The molecule has 1 atom stereocenters. The zero-order valence-electron chi connectivity index (χ0n) is 6.84. The number of hydrogen-bond donors (Lipinski definition) is 0. The normalized spacial score (nSPS) is 14.7. The molecule has 15 heavy (non-hydrogen) atoms. The highest BCUT2D eigenvalue weighted by atomic mass is 35.5. The second kappa shape index (κ2) is 7.16. The highest BCUT2D eigenvalue weighted by Crippen LogP contribution is 2.24. The predicted molar refractivity (Wildman–Crippen MR) is 42.5 cm³/mol. The van der Waals surface area contributed by atoms with E-state index in [0.717, 1.165) is 0 Å². The minimum absolute atomic E-state index is 0.0471. The smallest absolute Gasteiger partial charge is 0.230 e. The molecule has 0 heterocycles. The van der Waals surface area contributed by atoms with Gasteiger partial charge in [-0.2, -0.15) is 26.3 Å². The van der Waals surface area contributed by atoms with Gasteiger partial charge in [-0.3, -0.25) is 0 Å². The number of allylic oxidation sites excluding steroid dienone is 1. The Morgan fingerprint density at radius 3 is 1.47 bits per heavy atom. The predicted octanol–water partition coefficient (Wildman–Crippen LogP) is 4.77. The van der Waals surface area contributed by atoms with Crippen LogP contribution < -0.4 is 0 Å². The molecule has 0 aromatic carbocycles. The first-order valence-corrected chi connectivity index (χ1v) is 4.05. The van der Waals surface area contributed by atoms with Crippen molar-refractivity contribution >= 4 is 23.2 Å². The minimum Gasteiger partial charge on any atom is -0.230 e. The molecule has 9 heteroatoms. The van der Waals surface area contributed by atoms with Crippen LogP contribution in [0.2, 0.25) is 0 Å². The van der Waals surface area contributed by atoms with E-state index in [1.165, 1.54) is 0 Å². The molecule has 0 bridgehead atoms. The molecule has 0 saturated heterocycles. The summed E-state index contributed by atoms with van der Waals surface area (Å²) >= 11 is 8.96. The quantitative estimate of drug-likeness (QED) is 0.479. The van der Waals surface area contributed by atoms with Crippen LogP contribution in [0.25, 0.3) is 0 Å². The van der Waals surface area contributed by atoms with Crippen LogP contribution in [0.4, 0.5) is 30.7 Å². The van der Waals surface area contributed by atoms with Gasteiger partial charge in [-0.1, -0.05) is 23.2 Å². The highest BCUT2D eigenvalue weighted by molar-refractivity contribution is 6.25. The summed E-state index contributed by atoms with van der Waals surface area (Å²) in [5, 5.41) is 0. The van der Waals surface area contributed by atoms with Crippen molar-refractivity contribution in [3.05, 3.63) is 11.6 Å². The molecule has 0 spiro atoms. The van der Waals surface area contributed by atoms with Gasteiger partial charge in [-0.15, -0.1) is 0 Å². The van der Waals surface area contributed by atoms with Crippen LogP contribution in [0.3, 0.4) is 0 Å². The Hall–Kier alpha value is -0.170. The van der Waals surface area contributed by atoms with E-state index < -0.39 is 24.4 Å². The number of rotatable bonds is 1. The Morgan fingerprint density at radius 2 is 1.47 bits per heavy atom. The molecule has 0 saturated carbocycles. The summed E-state index contributed by atoms with van der Waals surface area (Å²) in [5.74, 6) is 0. The van der Waals surface area contributed by atoms with Crippen molar-refractivity contribution in [1.82, 2.24) is 0 Å². The van der Waals surface area contributed by atoms with Gasteiger partial charge in [0.15, 0.2) is 5.63 Å². The lowest BCUT2D eigenvalue weighted by atomic mass is 10.5. The van der Waals surface area contributed by atoms with Crippen molar-refractivity contribution in [1.29, 1.82) is 0 Å². The Labute approximate surface area is 90.6 Å². The zero-order chi connectivity index (χ0) is 12.7. The monoisotopic (exact) mass is 280 g/mol. The lowest BCUT2D eigenvalue weighted by molar-refractivity contribution is -0.140. The summed E-state index contributed by atoms with van der Waals surface area (Å²) in [6, 6.07) is 0. The standard InChI is InChI=1S/C3H3ClF4.C3H2ClF3/c4-2(5)1-3(6,7)8;4-2-1-3(5,6)7/h2H,1H2;1-2H. The lowest BCUT2D eigenvalue weighted by Crippen LogP contribution is -2.11. The second-order valence-electron chi connectivity index (χ2n) is 2.04. The van der Waals surface area contributed by atoms with E-state index in [0.29, 0.717) is 5.54 Å². The molecule has 92 valence electrons. The molecule has 0 amide bonds. The maximum atomic E-state index is 11.2. The Bertz CT molecular complexity index is 181. The topological polar surface area (TPSA) is 0 Å². The van der Waals surface area contributed by atoms with Gasteiger partial charge in [0.25, 0.3) is 0 Å². The molecular formula is C6H5Cl2F7. The summed E-state index contributed by atoms with van der Waals surface area (Å²) in [4.78, 5) is 0. The number of hydrogen-bond acceptors (Lipinski definition) is 0. The van der Waals surface area contributed by atoms with Crippen molar-refractivity contribution in [3.63, 3.8) is 0 Å². The van der Waals surface area contributed by atoms with Crippen LogP contribution >= 0.6 is 23.2 Å². The van der Waals surface area contributed by atoms with Crippen LogP contribution in [-0.2, 0) is 0 Å². The van der Waals surface area contributed by atoms with Gasteiger partial charge < -0.3 is 0 Å². The van der Waals surface area contributed by atoms with E-state index in [1.54, 1.807) is 0 Å². The third kappa shape index (κ3) is 24.8. The van der Waals surface area contributed by atoms with Gasteiger partial charge in [0.05, 0.1) is 6.42 Å². The Morgan fingerprint density at radius 1 is 1.07 bits per heavy atom. The minimum atomic E-state index is -4.48. The molecule has 0 fully saturated rings. The number of alkyl halides is 8. The van der Waals surface area contributed by atoms with E-state index >= 15 is 0 Å². The summed E-state index contributed by atoms with van der Waals surface area (Å²) in [7, 11) is 0. The lowest BCUT2D eigenvalue weighted by Gasteiger charge is -2.03. The molecule has 0 radical (unpaired) electrons. The van der Waals surface area contributed by atoms with Crippen LogP contribution in [0.15, 0.2) is 11.6 Å². The van der Waals surface area contributed by atoms with Crippen molar-refractivity contribution in [3.8, 4) is 0 Å². The van der Waals surface area contributed by atoms with Gasteiger partial charge in [0.1, 0.15) is 0 Å². The third-order valence-electron chi connectivity index (χ3n) is 0.638. The molecule has 0 aliphatic rings. The van der Waals surface area contributed by atoms with Crippen molar-refractivity contribution < 1.29 is 30.7 Å². The summed E-state index contributed by atoms with van der Waals surface area (Å²) in [6.45, 7) is 0. The summed E-state index contributed by atoms with van der Waals surface area (Å²) in [5.41, 5.74) is -1.88. The van der Waals surface area contributed by atoms with Crippen molar-refractivity contribution in [2.75, 3.05) is 0 Å². The Balaban J connectivity index is 0. The highest BCUT2D eigenvalue weighted by Gasteiger charge is 2.30. The van der Waals surface area contributed by atoms with E-state index in [9.17, 15) is 30.7 Å². The van der Waals surface area contributed by atoms with Gasteiger partial charge in [-0.25, -0.2) is 4.39 Å². The fourth-order valence-electron chi connectivity index (χ4n) is 0.246. The second-order valence-corrected chi connectivity index (χ2v) is 2.77. The van der Waals surface area contributed by atoms with Crippen molar-refractivity contribution in [2.45, 2.75) is 24.4 Å². The first-order chi connectivity index (χ1) is 6.48. The number of halogens is 9. The Kier molecular flexibility index (Phi) is 8.23. The average Bonchev–Trinajstić information content (AvgIpc) is 1.77. The molecule has 0 rings (SSSR count). The maximum Gasteiger partial charge on any atom is 0.410 e. The molecule has 0 aliphatic carbocycles. The molecule has 0 aliphatic heterocycles. The molecule has 0 nitrogen and oxygen atoms in total. The van der Waals surface area contributed by atoms with E-state index in [-0.39, 0.29) is 6.08 Å². The largest absolute Gasteiger partial charge is 0.410 e. The molecule has 0 aromatic heterocycles. The average molecular weight is 281 g/mol. The molecule has 1 unspecified atom stereocenters. The molecule has 0 N–H and O–H groups in total. The van der Waals surface area contributed by atoms with Crippen LogP contribution in [0.1, 0.15) is 6.42 Å². The van der Waals surface area contributed by atoms with Gasteiger partial charge in [-0.05, 0) is 0 Å². The van der Waals surface area contributed by atoms with Crippen LogP contribution in [-0.4, -0.2) is 18.0 Å². The van der Waals surface area contributed by atoms with E-state index in [2.05, 4.69) is 23.2 Å².